The Morgan fingerprint density at radius 3 is 2.91 bits per heavy atom. The van der Waals surface area contributed by atoms with Crippen molar-refractivity contribution in [1.82, 2.24) is 5.43 Å². The second-order valence-electron chi connectivity index (χ2n) is 4.83. The van der Waals surface area contributed by atoms with Crippen molar-refractivity contribution in [1.29, 1.82) is 0 Å². The van der Waals surface area contributed by atoms with Crippen LogP contribution in [0.15, 0.2) is 52.2 Å². The summed E-state index contributed by atoms with van der Waals surface area (Å²) in [6, 6.07) is 11.0. The Hall–Kier alpha value is -2.27. The topological polar surface area (TPSA) is 66.6 Å². The number of hydrazone groups is 1. The predicted octanol–water partition coefficient (Wildman–Crippen LogP) is 3.47. The van der Waals surface area contributed by atoms with Crippen LogP contribution in [0.2, 0.25) is 5.02 Å². The molecule has 0 saturated heterocycles. The van der Waals surface area contributed by atoms with Gasteiger partial charge < -0.3 is 9.73 Å². The van der Waals surface area contributed by atoms with Gasteiger partial charge in [-0.1, -0.05) is 17.7 Å². The second-order valence-corrected chi connectivity index (χ2v) is 5.26. The summed E-state index contributed by atoms with van der Waals surface area (Å²) in [5.41, 5.74) is 4.15. The number of hydrogen-bond acceptors (Lipinski definition) is 4. The lowest BCUT2D eigenvalue weighted by Crippen LogP contribution is -2.26. The van der Waals surface area contributed by atoms with E-state index in [2.05, 4.69) is 15.8 Å². The zero-order valence-electron chi connectivity index (χ0n) is 12.3. The van der Waals surface area contributed by atoms with Gasteiger partial charge in [-0.15, -0.1) is 0 Å². The first-order valence-electron chi connectivity index (χ1n) is 6.97. The predicted molar refractivity (Wildman–Crippen MR) is 88.2 cm³/mol. The van der Waals surface area contributed by atoms with Crippen LogP contribution in [0.5, 0.6) is 0 Å². The van der Waals surface area contributed by atoms with Crippen molar-refractivity contribution < 1.29 is 9.21 Å². The molecule has 1 heterocycles. The quantitative estimate of drug-likeness (QED) is 0.606. The highest BCUT2D eigenvalue weighted by Crippen LogP contribution is 2.14. The van der Waals surface area contributed by atoms with E-state index in [1.165, 1.54) is 0 Å². The fourth-order valence-corrected chi connectivity index (χ4v) is 1.98. The number of nitrogens with zero attached hydrogens (tertiary/aromatic N) is 1. The van der Waals surface area contributed by atoms with E-state index in [0.29, 0.717) is 5.02 Å². The van der Waals surface area contributed by atoms with Crippen LogP contribution in [0, 0.1) is 0 Å². The maximum Gasteiger partial charge on any atom is 0.259 e. The minimum absolute atomic E-state index is 0.134. The molecule has 1 aromatic heterocycles. The number of halogens is 1. The highest BCUT2D eigenvalue weighted by Gasteiger charge is 2.02. The second kappa shape index (κ2) is 8.24. The minimum Gasteiger partial charge on any atom is -0.469 e. The van der Waals surface area contributed by atoms with Gasteiger partial charge in [-0.3, -0.25) is 4.79 Å². The monoisotopic (exact) mass is 319 g/mol. The first kappa shape index (κ1) is 16.1. The molecular formula is C16H18ClN3O2. The van der Waals surface area contributed by atoms with Gasteiger partial charge in [0.05, 0.1) is 12.8 Å². The number of carbonyl (C=O) groups is 1. The summed E-state index contributed by atoms with van der Waals surface area (Å²) < 4.78 is 5.24. The van der Waals surface area contributed by atoms with Gasteiger partial charge in [0, 0.05) is 22.8 Å². The average Bonchev–Trinajstić information content (AvgIpc) is 3.02. The largest absolute Gasteiger partial charge is 0.469 e. The summed E-state index contributed by atoms with van der Waals surface area (Å²) in [6.07, 6.45) is 3.14. The zero-order valence-corrected chi connectivity index (χ0v) is 13.1. The summed E-state index contributed by atoms with van der Waals surface area (Å²) in [7, 11) is 0. The molecule has 1 amide bonds. The molecule has 0 bridgehead atoms. The fraction of sp³-hybridized carbons (Fsp3) is 0.250. The highest BCUT2D eigenvalue weighted by atomic mass is 35.5. The highest BCUT2D eigenvalue weighted by molar-refractivity contribution is 6.30. The lowest BCUT2D eigenvalue weighted by atomic mass is 10.2. The van der Waals surface area contributed by atoms with E-state index < -0.39 is 0 Å². The summed E-state index contributed by atoms with van der Waals surface area (Å²) in [5, 5.41) is 7.67. The van der Waals surface area contributed by atoms with Crippen molar-refractivity contribution in [3.8, 4) is 0 Å². The molecule has 0 aliphatic carbocycles. The standard InChI is InChI=1S/C16H18ClN3O2/c1-12(7-8-15-6-3-9-22-15)19-20-16(21)11-18-14-5-2-4-13(17)10-14/h2-6,9-10,18H,7-8,11H2,1H3,(H,20,21). The molecule has 22 heavy (non-hydrogen) atoms. The van der Waals surface area contributed by atoms with Gasteiger partial charge in [-0.2, -0.15) is 5.10 Å². The van der Waals surface area contributed by atoms with Crippen LogP contribution in [0.1, 0.15) is 19.1 Å². The van der Waals surface area contributed by atoms with Crippen molar-refractivity contribution in [2.75, 3.05) is 11.9 Å². The number of anilines is 1. The lowest BCUT2D eigenvalue weighted by Gasteiger charge is -2.06. The van der Waals surface area contributed by atoms with E-state index in [0.717, 1.165) is 30.0 Å². The molecule has 2 aromatic rings. The molecule has 2 N–H and O–H groups in total. The van der Waals surface area contributed by atoms with Crippen molar-refractivity contribution >= 4 is 28.9 Å². The molecule has 0 radical (unpaired) electrons. The van der Waals surface area contributed by atoms with Gasteiger partial charge in [0.15, 0.2) is 0 Å². The number of hydrogen-bond donors (Lipinski definition) is 2. The number of amides is 1. The number of carbonyl (C=O) groups excluding carboxylic acids is 1. The zero-order chi connectivity index (χ0) is 15.8. The van der Waals surface area contributed by atoms with Gasteiger partial charge in [0.2, 0.25) is 0 Å². The SMILES string of the molecule is CC(CCc1ccco1)=NNC(=O)CNc1cccc(Cl)c1. The molecular weight excluding hydrogens is 302 g/mol. The van der Waals surface area contributed by atoms with E-state index in [-0.39, 0.29) is 12.5 Å². The van der Waals surface area contributed by atoms with E-state index in [4.69, 9.17) is 16.0 Å². The molecule has 6 heteroatoms. The smallest absolute Gasteiger partial charge is 0.259 e. The molecule has 2 rings (SSSR count). The number of rotatable bonds is 7. The number of nitrogens with one attached hydrogen (secondary N) is 2. The van der Waals surface area contributed by atoms with Gasteiger partial charge in [-0.05, 0) is 43.7 Å². The average molecular weight is 320 g/mol. The molecule has 116 valence electrons. The van der Waals surface area contributed by atoms with Crippen LogP contribution >= 0.6 is 11.6 Å². The van der Waals surface area contributed by atoms with Crippen molar-refractivity contribution in [2.45, 2.75) is 19.8 Å². The number of aryl methyl sites for hydroxylation is 1. The van der Waals surface area contributed by atoms with Crippen molar-refractivity contribution in [3.63, 3.8) is 0 Å². The minimum atomic E-state index is -0.211. The third-order valence-corrected chi connectivity index (χ3v) is 3.20. The van der Waals surface area contributed by atoms with Crippen LogP contribution < -0.4 is 10.7 Å². The Morgan fingerprint density at radius 1 is 1.32 bits per heavy atom. The first-order chi connectivity index (χ1) is 10.6. The third kappa shape index (κ3) is 5.61. The van der Waals surface area contributed by atoms with Crippen LogP contribution in [-0.2, 0) is 11.2 Å². The molecule has 0 fully saturated rings. The molecule has 0 aliphatic heterocycles. The summed E-state index contributed by atoms with van der Waals surface area (Å²) in [4.78, 5) is 11.7. The maximum atomic E-state index is 11.7. The molecule has 0 aliphatic rings. The first-order valence-corrected chi connectivity index (χ1v) is 7.35. The Balaban J connectivity index is 1.71. The normalized spacial score (nSPS) is 11.3. The van der Waals surface area contributed by atoms with Gasteiger partial charge in [0.25, 0.3) is 5.91 Å². The molecule has 1 aromatic carbocycles. The van der Waals surface area contributed by atoms with Crippen LogP contribution in [0.25, 0.3) is 0 Å². The van der Waals surface area contributed by atoms with Gasteiger partial charge in [0.1, 0.15) is 5.76 Å². The van der Waals surface area contributed by atoms with Gasteiger partial charge >= 0.3 is 0 Å². The Kier molecular flexibility index (Phi) is 6.03. The van der Waals surface area contributed by atoms with E-state index in [9.17, 15) is 4.79 Å². The fourth-order valence-electron chi connectivity index (χ4n) is 1.79. The number of furan rings is 1. The Labute approximate surface area is 134 Å². The maximum absolute atomic E-state index is 11.7. The van der Waals surface area contributed by atoms with Crippen LogP contribution in [0.4, 0.5) is 5.69 Å². The summed E-state index contributed by atoms with van der Waals surface area (Å²) in [6.45, 7) is 2.00. The molecule has 5 nitrogen and oxygen atoms in total. The van der Waals surface area contributed by atoms with Crippen LogP contribution in [0.3, 0.4) is 0 Å². The molecule has 0 unspecified atom stereocenters. The van der Waals surface area contributed by atoms with E-state index in [1.54, 1.807) is 18.4 Å². The van der Waals surface area contributed by atoms with Crippen LogP contribution in [-0.4, -0.2) is 18.2 Å². The lowest BCUT2D eigenvalue weighted by molar-refractivity contribution is -0.119. The molecule has 0 atom stereocenters. The van der Waals surface area contributed by atoms with Crippen molar-refractivity contribution in [3.05, 3.63) is 53.4 Å². The van der Waals surface area contributed by atoms with Crippen molar-refractivity contribution in [2.24, 2.45) is 5.10 Å². The Morgan fingerprint density at radius 2 is 2.18 bits per heavy atom. The van der Waals surface area contributed by atoms with E-state index >= 15 is 0 Å². The summed E-state index contributed by atoms with van der Waals surface area (Å²) >= 11 is 5.87. The van der Waals surface area contributed by atoms with E-state index in [1.807, 2.05) is 31.2 Å². The molecule has 0 spiro atoms. The number of benzene rings is 1. The molecule has 0 saturated carbocycles. The van der Waals surface area contributed by atoms with Gasteiger partial charge in [-0.25, -0.2) is 5.43 Å². The third-order valence-electron chi connectivity index (χ3n) is 2.96. The Bertz CT molecular complexity index is 639. The summed E-state index contributed by atoms with van der Waals surface area (Å²) in [5.74, 6) is 0.695.